The molecule has 0 aliphatic rings. The maximum absolute atomic E-state index is 10.1. The van der Waals surface area contributed by atoms with Crippen LogP contribution in [0.15, 0.2) is 0 Å². The van der Waals surface area contributed by atoms with Crippen LogP contribution in [0, 0.1) is 0 Å². The molecule has 0 aromatic carbocycles. The van der Waals surface area contributed by atoms with E-state index in [1.807, 2.05) is 0 Å². The van der Waals surface area contributed by atoms with Gasteiger partial charge in [0.1, 0.15) is 12.7 Å². The smallest absolute Gasteiger partial charge is 0.329 e. The van der Waals surface area contributed by atoms with Gasteiger partial charge in [-0.05, 0) is 0 Å². The summed E-state index contributed by atoms with van der Waals surface area (Å²) in [6.07, 6.45) is -2.73. The van der Waals surface area contributed by atoms with Gasteiger partial charge in [0.05, 0.1) is 5.97 Å². The number of carbonyl (C=O) groups excluding carboxylic acids is 2. The van der Waals surface area contributed by atoms with Gasteiger partial charge in [-0.1, -0.05) is 0 Å². The zero-order chi connectivity index (χ0) is 10.4. The average molecular weight is 190 g/mol. The number of carboxylic acids is 3. The van der Waals surface area contributed by atoms with Crippen LogP contribution in [0.1, 0.15) is 6.42 Å². The molecule has 13 heavy (non-hydrogen) atoms. The van der Waals surface area contributed by atoms with Gasteiger partial charge in [0.15, 0.2) is 0 Å². The average Bonchev–Trinajstić information content (AvgIpc) is 1.96. The zero-order valence-corrected chi connectivity index (χ0v) is 6.39. The Morgan fingerprint density at radius 2 is 1.85 bits per heavy atom. The van der Waals surface area contributed by atoms with Gasteiger partial charge in [0.25, 0.3) is 0 Å². The van der Waals surface area contributed by atoms with Crippen LogP contribution in [0.4, 0.5) is 0 Å². The Labute approximate surface area is 72.5 Å². The summed E-state index contributed by atoms with van der Waals surface area (Å²) in [5.41, 5.74) is 0. The Bertz CT molecular complexity index is 221. The van der Waals surface area contributed by atoms with E-state index < -0.39 is 37.0 Å². The zero-order valence-electron chi connectivity index (χ0n) is 6.39. The molecule has 0 saturated carbocycles. The van der Waals surface area contributed by atoms with Crippen molar-refractivity contribution in [1.82, 2.24) is 0 Å². The van der Waals surface area contributed by atoms with Crippen LogP contribution in [0.5, 0.6) is 0 Å². The van der Waals surface area contributed by atoms with Gasteiger partial charge < -0.3 is 29.6 Å². The van der Waals surface area contributed by atoms with E-state index >= 15 is 0 Å². The minimum absolute atomic E-state index is 0.897. The maximum Gasteiger partial charge on any atom is 0.329 e. The van der Waals surface area contributed by atoms with Gasteiger partial charge in [0.2, 0.25) is 0 Å². The fraction of sp³-hybridized carbons (Fsp3) is 0.500. The summed E-state index contributed by atoms with van der Waals surface area (Å²) >= 11 is 0. The molecule has 0 amide bonds. The molecule has 0 saturated heterocycles. The fourth-order valence-corrected chi connectivity index (χ4v) is 0.534. The second-order valence-corrected chi connectivity index (χ2v) is 2.09. The number of carbonyl (C=O) groups is 3. The van der Waals surface area contributed by atoms with Gasteiger partial charge in [0, 0.05) is 12.4 Å². The fourth-order valence-electron chi connectivity index (χ4n) is 0.534. The van der Waals surface area contributed by atoms with Crippen LogP contribution >= 0.6 is 0 Å². The Hall–Kier alpha value is -1.63. The molecule has 1 atom stereocenters. The summed E-state index contributed by atoms with van der Waals surface area (Å²) in [7, 11) is 0. The van der Waals surface area contributed by atoms with Crippen LogP contribution in [0.25, 0.3) is 0 Å². The molecule has 0 bridgehead atoms. The minimum atomic E-state index is -1.79. The molecule has 1 N–H and O–H groups in total. The van der Waals surface area contributed by atoms with Crippen molar-refractivity contribution in [3.8, 4) is 0 Å². The highest BCUT2D eigenvalue weighted by molar-refractivity contribution is 5.78. The molecule has 7 nitrogen and oxygen atoms in total. The van der Waals surface area contributed by atoms with Crippen LogP contribution < -0.4 is 10.2 Å². The van der Waals surface area contributed by atoms with Crippen molar-refractivity contribution in [2.24, 2.45) is 0 Å². The van der Waals surface area contributed by atoms with E-state index in [4.69, 9.17) is 5.11 Å². The first-order chi connectivity index (χ1) is 5.93. The normalized spacial score (nSPS) is 12.0. The molecule has 0 fully saturated rings. The highest BCUT2D eigenvalue weighted by Crippen LogP contribution is 1.96. The molecular weight excluding hydrogens is 184 g/mol. The van der Waals surface area contributed by atoms with E-state index in [0.717, 1.165) is 0 Å². The maximum atomic E-state index is 10.1. The quantitative estimate of drug-likeness (QED) is 0.457. The number of ether oxygens (including phenoxy) is 1. The Morgan fingerprint density at radius 1 is 1.31 bits per heavy atom. The van der Waals surface area contributed by atoms with Gasteiger partial charge in [-0.15, -0.1) is 0 Å². The van der Waals surface area contributed by atoms with Crippen molar-refractivity contribution in [1.29, 1.82) is 0 Å². The van der Waals surface area contributed by atoms with Gasteiger partial charge in [-0.25, -0.2) is 4.79 Å². The Morgan fingerprint density at radius 3 is 2.15 bits per heavy atom. The van der Waals surface area contributed by atoms with E-state index in [1.165, 1.54) is 0 Å². The first-order valence-corrected chi connectivity index (χ1v) is 3.17. The lowest BCUT2D eigenvalue weighted by atomic mass is 10.2. The highest BCUT2D eigenvalue weighted by atomic mass is 16.5. The van der Waals surface area contributed by atoms with Crippen molar-refractivity contribution in [3.05, 3.63) is 0 Å². The summed E-state index contributed by atoms with van der Waals surface area (Å²) in [6, 6.07) is 0. The van der Waals surface area contributed by atoms with E-state index in [2.05, 4.69) is 4.74 Å². The van der Waals surface area contributed by atoms with Crippen molar-refractivity contribution < 1.29 is 34.4 Å². The van der Waals surface area contributed by atoms with Crippen molar-refractivity contribution in [2.75, 3.05) is 6.61 Å². The molecule has 0 aromatic heterocycles. The molecule has 0 radical (unpaired) electrons. The Balaban J connectivity index is 4.02. The molecular formula is C6H6O7-2. The largest absolute Gasteiger partial charge is 0.550 e. The molecule has 74 valence electrons. The number of hydrogen-bond acceptors (Lipinski definition) is 6. The summed E-state index contributed by atoms with van der Waals surface area (Å²) in [5.74, 6) is -4.84. The summed E-state index contributed by atoms with van der Waals surface area (Å²) in [4.78, 5) is 30.0. The van der Waals surface area contributed by atoms with E-state index in [9.17, 15) is 24.6 Å². The van der Waals surface area contributed by atoms with E-state index in [-0.39, 0.29) is 0 Å². The third-order valence-electron chi connectivity index (χ3n) is 1.02. The lowest BCUT2D eigenvalue weighted by Crippen LogP contribution is -2.42. The van der Waals surface area contributed by atoms with Crippen LogP contribution in [-0.4, -0.2) is 35.7 Å². The van der Waals surface area contributed by atoms with Gasteiger partial charge in [-0.2, -0.15) is 0 Å². The monoisotopic (exact) mass is 190 g/mol. The van der Waals surface area contributed by atoms with Crippen LogP contribution in [-0.2, 0) is 19.1 Å². The third kappa shape index (κ3) is 5.62. The number of carboxylic acid groups (broad SMARTS) is 3. The third-order valence-corrected chi connectivity index (χ3v) is 1.02. The topological polar surface area (TPSA) is 127 Å². The summed E-state index contributed by atoms with van der Waals surface area (Å²) < 4.78 is 4.19. The molecule has 0 aliphatic heterocycles. The number of hydrogen-bond donors (Lipinski definition) is 1. The first-order valence-electron chi connectivity index (χ1n) is 3.17. The van der Waals surface area contributed by atoms with E-state index in [0.29, 0.717) is 0 Å². The SMILES string of the molecule is O=C([O-])CC(OCC(=O)O)C(=O)[O-]. The predicted octanol–water partition coefficient (Wildman–Crippen LogP) is -3.65. The lowest BCUT2D eigenvalue weighted by Gasteiger charge is -2.17. The van der Waals surface area contributed by atoms with Gasteiger partial charge in [-0.3, -0.25) is 0 Å². The van der Waals surface area contributed by atoms with Gasteiger partial charge >= 0.3 is 5.97 Å². The molecule has 0 aromatic rings. The molecule has 1 unspecified atom stereocenters. The number of rotatable bonds is 6. The summed E-state index contributed by atoms with van der Waals surface area (Å²) in [6.45, 7) is -0.897. The first kappa shape index (κ1) is 11.4. The van der Waals surface area contributed by atoms with Crippen molar-refractivity contribution in [3.63, 3.8) is 0 Å². The standard InChI is InChI=1S/C6H8O7/c7-4(8)1-3(6(11)12)13-2-5(9)10/h3H,1-2H2,(H,7,8)(H,9,10)(H,11,12)/p-2. The van der Waals surface area contributed by atoms with E-state index in [1.54, 1.807) is 0 Å². The summed E-state index contributed by atoms with van der Waals surface area (Å²) in [5, 5.41) is 28.1. The number of aliphatic carboxylic acids is 3. The molecule has 0 spiro atoms. The predicted molar refractivity (Wildman–Crippen MR) is 32.0 cm³/mol. The molecule has 0 heterocycles. The lowest BCUT2D eigenvalue weighted by molar-refractivity contribution is -0.325. The highest BCUT2D eigenvalue weighted by Gasteiger charge is 2.12. The molecule has 7 heteroatoms. The van der Waals surface area contributed by atoms with Crippen molar-refractivity contribution in [2.45, 2.75) is 12.5 Å². The second kappa shape index (κ2) is 5.09. The minimum Gasteiger partial charge on any atom is -0.550 e. The van der Waals surface area contributed by atoms with Crippen LogP contribution in [0.2, 0.25) is 0 Å². The molecule has 0 aliphatic carbocycles. The Kier molecular flexibility index (Phi) is 4.45. The second-order valence-electron chi connectivity index (χ2n) is 2.09. The van der Waals surface area contributed by atoms with Crippen molar-refractivity contribution >= 4 is 17.9 Å². The van der Waals surface area contributed by atoms with Crippen LogP contribution in [0.3, 0.4) is 0 Å². The molecule has 0 rings (SSSR count).